The van der Waals surface area contributed by atoms with E-state index in [1.165, 1.54) is 45.2 Å². The highest BCUT2D eigenvalue weighted by atomic mass is 16.5. The quantitative estimate of drug-likeness (QED) is 0.809. The van der Waals surface area contributed by atoms with Crippen molar-refractivity contribution in [3.63, 3.8) is 0 Å². The van der Waals surface area contributed by atoms with Crippen LogP contribution in [-0.2, 0) is 0 Å². The van der Waals surface area contributed by atoms with Crippen molar-refractivity contribution in [3.8, 4) is 5.75 Å². The van der Waals surface area contributed by atoms with Crippen molar-refractivity contribution in [1.82, 2.24) is 0 Å². The number of nitrogen functional groups attached to an aromatic ring is 1. The maximum absolute atomic E-state index is 5.98. The molecule has 3 heteroatoms. The summed E-state index contributed by atoms with van der Waals surface area (Å²) >= 11 is 0. The van der Waals surface area contributed by atoms with Crippen LogP contribution in [0.5, 0.6) is 5.75 Å². The van der Waals surface area contributed by atoms with Crippen molar-refractivity contribution in [2.75, 3.05) is 25.4 Å². The number of nitrogens with one attached hydrogen (secondary N) is 1. The Hall–Kier alpha value is -1.22. The van der Waals surface area contributed by atoms with Gasteiger partial charge in [-0.3, -0.25) is 0 Å². The topological polar surface area (TPSA) is 39.7 Å². The Labute approximate surface area is 115 Å². The van der Waals surface area contributed by atoms with Gasteiger partial charge in [-0.25, -0.2) is 0 Å². The van der Waals surface area contributed by atoms with Crippen LogP contribution >= 0.6 is 0 Å². The van der Waals surface area contributed by atoms with Gasteiger partial charge < -0.3 is 15.4 Å². The molecule has 3 rings (SSSR count). The molecular formula is C16H25N2O+. The number of nitrogens with two attached hydrogens (primary N) is 1. The maximum Gasteiger partial charge on any atom is 0.121 e. The van der Waals surface area contributed by atoms with Crippen LogP contribution in [0.3, 0.4) is 0 Å². The summed E-state index contributed by atoms with van der Waals surface area (Å²) in [5.41, 5.74) is 6.57. The molecule has 19 heavy (non-hydrogen) atoms. The fourth-order valence-electron chi connectivity index (χ4n) is 3.78. The first-order valence-electron chi connectivity index (χ1n) is 7.66. The standard InChI is InChI=1S/C16H24N2O/c17-14-6-3-7-15(11-14)19-12-13-5-4-10-18-9-2-1-8-16(13)18/h3,6-7,11,13,16H,1-2,4-5,8-10,12,17H2/p+1/t13-,16+/m1/s1. The van der Waals surface area contributed by atoms with E-state index in [9.17, 15) is 0 Å². The summed E-state index contributed by atoms with van der Waals surface area (Å²) in [5, 5.41) is 0. The molecule has 0 aliphatic carbocycles. The molecule has 0 radical (unpaired) electrons. The molecule has 1 aromatic rings. The van der Waals surface area contributed by atoms with E-state index in [1.807, 2.05) is 29.2 Å². The number of anilines is 1. The third kappa shape index (κ3) is 3.03. The number of hydrogen-bond donors (Lipinski definition) is 2. The normalized spacial score (nSPS) is 30.6. The Balaban J connectivity index is 1.59. The molecule has 2 heterocycles. The Morgan fingerprint density at radius 3 is 2.95 bits per heavy atom. The van der Waals surface area contributed by atoms with E-state index >= 15 is 0 Å². The number of ether oxygens (including phenoxy) is 1. The molecule has 2 aliphatic rings. The van der Waals surface area contributed by atoms with E-state index < -0.39 is 0 Å². The minimum absolute atomic E-state index is 0.727. The average Bonchev–Trinajstić information content (AvgIpc) is 2.45. The fourth-order valence-corrected chi connectivity index (χ4v) is 3.78. The second-order valence-electron chi connectivity index (χ2n) is 6.05. The molecule has 0 bridgehead atoms. The van der Waals surface area contributed by atoms with Crippen LogP contribution in [0, 0.1) is 5.92 Å². The first-order chi connectivity index (χ1) is 9.33. The van der Waals surface area contributed by atoms with E-state index in [2.05, 4.69) is 0 Å². The number of hydrogen-bond acceptors (Lipinski definition) is 2. The van der Waals surface area contributed by atoms with Gasteiger partial charge in [-0.05, 0) is 44.2 Å². The van der Waals surface area contributed by atoms with E-state index in [0.717, 1.165) is 30.0 Å². The molecule has 3 atom stereocenters. The first kappa shape index (κ1) is 12.8. The van der Waals surface area contributed by atoms with E-state index in [-0.39, 0.29) is 0 Å². The van der Waals surface area contributed by atoms with Crippen molar-refractivity contribution in [2.24, 2.45) is 5.92 Å². The van der Waals surface area contributed by atoms with E-state index in [4.69, 9.17) is 10.5 Å². The number of rotatable bonds is 3. The van der Waals surface area contributed by atoms with Crippen LogP contribution in [0.4, 0.5) is 5.69 Å². The second kappa shape index (κ2) is 5.83. The lowest BCUT2D eigenvalue weighted by atomic mass is 9.84. The average molecular weight is 261 g/mol. The molecule has 104 valence electrons. The molecule has 2 fully saturated rings. The van der Waals surface area contributed by atoms with Crippen molar-refractivity contribution < 1.29 is 9.64 Å². The highest BCUT2D eigenvalue weighted by Crippen LogP contribution is 2.22. The third-order valence-electron chi connectivity index (χ3n) is 4.75. The maximum atomic E-state index is 5.98. The number of benzene rings is 1. The van der Waals surface area contributed by atoms with Gasteiger partial charge in [-0.1, -0.05) is 6.07 Å². The minimum Gasteiger partial charge on any atom is -0.493 e. The van der Waals surface area contributed by atoms with Gasteiger partial charge in [0, 0.05) is 17.7 Å². The summed E-state index contributed by atoms with van der Waals surface area (Å²) in [6.45, 7) is 3.61. The molecule has 1 aromatic carbocycles. The van der Waals surface area contributed by atoms with Crippen molar-refractivity contribution in [1.29, 1.82) is 0 Å². The van der Waals surface area contributed by atoms with Crippen LogP contribution in [0.1, 0.15) is 32.1 Å². The molecule has 0 spiro atoms. The van der Waals surface area contributed by atoms with Gasteiger partial charge in [0.1, 0.15) is 5.75 Å². The Bertz CT molecular complexity index is 419. The van der Waals surface area contributed by atoms with Crippen LogP contribution in [-0.4, -0.2) is 25.7 Å². The predicted octanol–water partition coefficient (Wildman–Crippen LogP) is 1.49. The summed E-state index contributed by atoms with van der Waals surface area (Å²) in [6, 6.07) is 8.63. The van der Waals surface area contributed by atoms with Crippen LogP contribution in [0.15, 0.2) is 24.3 Å². The Morgan fingerprint density at radius 2 is 2.05 bits per heavy atom. The molecule has 3 N–H and O–H groups in total. The zero-order chi connectivity index (χ0) is 13.1. The molecule has 2 aliphatic heterocycles. The van der Waals surface area contributed by atoms with Gasteiger partial charge in [0.15, 0.2) is 0 Å². The third-order valence-corrected chi connectivity index (χ3v) is 4.75. The molecule has 0 aromatic heterocycles. The largest absolute Gasteiger partial charge is 0.493 e. The molecular weight excluding hydrogens is 236 g/mol. The molecule has 3 nitrogen and oxygen atoms in total. The molecule has 1 unspecified atom stereocenters. The van der Waals surface area contributed by atoms with Gasteiger partial charge in [-0.15, -0.1) is 0 Å². The second-order valence-corrected chi connectivity index (χ2v) is 6.05. The first-order valence-corrected chi connectivity index (χ1v) is 7.66. The molecule has 0 amide bonds. The summed E-state index contributed by atoms with van der Waals surface area (Å²) in [4.78, 5) is 1.83. The van der Waals surface area contributed by atoms with Crippen LogP contribution in [0.25, 0.3) is 0 Å². The zero-order valence-electron chi connectivity index (χ0n) is 11.6. The summed E-state index contributed by atoms with van der Waals surface area (Å²) < 4.78 is 5.98. The fraction of sp³-hybridized carbons (Fsp3) is 0.625. The van der Waals surface area contributed by atoms with Crippen LogP contribution < -0.4 is 15.4 Å². The number of quaternary nitrogens is 1. The lowest BCUT2D eigenvalue weighted by molar-refractivity contribution is -0.940. The Kier molecular flexibility index (Phi) is 3.92. The smallest absolute Gasteiger partial charge is 0.121 e. The lowest BCUT2D eigenvalue weighted by Crippen LogP contribution is -3.18. The van der Waals surface area contributed by atoms with Gasteiger partial charge in [0.05, 0.1) is 25.7 Å². The van der Waals surface area contributed by atoms with E-state index in [1.54, 1.807) is 0 Å². The summed E-state index contributed by atoms with van der Waals surface area (Å²) in [7, 11) is 0. The summed E-state index contributed by atoms with van der Waals surface area (Å²) in [6.07, 6.45) is 6.89. The zero-order valence-corrected chi connectivity index (χ0v) is 11.6. The van der Waals surface area contributed by atoms with Crippen molar-refractivity contribution >= 4 is 5.69 Å². The number of piperidine rings is 2. The highest BCUT2D eigenvalue weighted by Gasteiger charge is 2.36. The van der Waals surface area contributed by atoms with Gasteiger partial charge in [0.25, 0.3) is 0 Å². The highest BCUT2D eigenvalue weighted by molar-refractivity contribution is 5.43. The van der Waals surface area contributed by atoms with Gasteiger partial charge in [0.2, 0.25) is 0 Å². The summed E-state index contributed by atoms with van der Waals surface area (Å²) in [5.74, 6) is 1.65. The van der Waals surface area contributed by atoms with Crippen LogP contribution in [0.2, 0.25) is 0 Å². The lowest BCUT2D eigenvalue weighted by Gasteiger charge is -2.41. The molecule has 2 saturated heterocycles. The minimum atomic E-state index is 0.727. The SMILES string of the molecule is Nc1cccc(OC[C@H]2CCC[NH+]3CCCC[C@@H]23)c1. The molecule has 0 saturated carbocycles. The van der Waals surface area contributed by atoms with Crippen molar-refractivity contribution in [2.45, 2.75) is 38.1 Å². The monoisotopic (exact) mass is 261 g/mol. The Morgan fingerprint density at radius 1 is 1.16 bits per heavy atom. The predicted molar refractivity (Wildman–Crippen MR) is 77.4 cm³/mol. The van der Waals surface area contributed by atoms with Gasteiger partial charge >= 0.3 is 0 Å². The number of fused-ring (bicyclic) bond motifs is 1. The van der Waals surface area contributed by atoms with E-state index in [0.29, 0.717) is 0 Å². The van der Waals surface area contributed by atoms with Crippen molar-refractivity contribution in [3.05, 3.63) is 24.3 Å². The van der Waals surface area contributed by atoms with Gasteiger partial charge in [-0.2, -0.15) is 0 Å².